The van der Waals surface area contributed by atoms with Crippen molar-refractivity contribution in [2.75, 3.05) is 6.61 Å². The first-order valence-corrected chi connectivity index (χ1v) is 5.38. The summed E-state index contributed by atoms with van der Waals surface area (Å²) < 4.78 is 5.24. The third kappa shape index (κ3) is 2.15. The predicted octanol–water partition coefficient (Wildman–Crippen LogP) is 2.02. The molecular formula is C11H17NO2. The fraction of sp³-hybridized carbons (Fsp3) is 0.727. The van der Waals surface area contributed by atoms with E-state index in [1.807, 2.05) is 0 Å². The van der Waals surface area contributed by atoms with Gasteiger partial charge >= 0.3 is 0 Å². The summed E-state index contributed by atoms with van der Waals surface area (Å²) in [6, 6.07) is 0. The van der Waals surface area contributed by atoms with Gasteiger partial charge in [0.25, 0.3) is 0 Å². The van der Waals surface area contributed by atoms with Crippen LogP contribution in [0.3, 0.4) is 0 Å². The second kappa shape index (κ2) is 4.60. The molecule has 1 aromatic rings. The molecule has 2 rings (SSSR count). The molecule has 3 heteroatoms. The number of aliphatic hydroxyl groups is 1. The van der Waals surface area contributed by atoms with Crippen molar-refractivity contribution in [1.29, 1.82) is 0 Å². The Morgan fingerprint density at radius 1 is 1.36 bits per heavy atom. The quantitative estimate of drug-likeness (QED) is 0.802. The highest BCUT2D eigenvalue weighted by Gasteiger charge is 2.25. The van der Waals surface area contributed by atoms with Gasteiger partial charge in [-0.15, -0.1) is 0 Å². The van der Waals surface area contributed by atoms with Crippen LogP contribution < -0.4 is 0 Å². The molecule has 0 aliphatic heterocycles. The van der Waals surface area contributed by atoms with E-state index in [-0.39, 0.29) is 0 Å². The Hall–Kier alpha value is -0.830. The van der Waals surface area contributed by atoms with Gasteiger partial charge in [0.05, 0.1) is 6.20 Å². The fourth-order valence-electron chi connectivity index (χ4n) is 2.39. The Morgan fingerprint density at radius 3 is 2.79 bits per heavy atom. The zero-order chi connectivity index (χ0) is 9.80. The first kappa shape index (κ1) is 9.71. The maximum absolute atomic E-state index is 9.24. The third-order valence-electron chi connectivity index (χ3n) is 3.25. The second-order valence-electron chi connectivity index (χ2n) is 4.16. The summed E-state index contributed by atoms with van der Waals surface area (Å²) >= 11 is 0. The van der Waals surface area contributed by atoms with Crippen LogP contribution >= 0.6 is 0 Å². The molecule has 0 bridgehead atoms. The van der Waals surface area contributed by atoms with Crippen LogP contribution in [0.1, 0.15) is 31.4 Å². The molecule has 1 aliphatic rings. The van der Waals surface area contributed by atoms with Crippen LogP contribution in [-0.4, -0.2) is 16.7 Å². The molecule has 78 valence electrons. The Bertz CT molecular complexity index is 258. The van der Waals surface area contributed by atoms with E-state index in [2.05, 4.69) is 4.98 Å². The van der Waals surface area contributed by atoms with Gasteiger partial charge in [-0.2, -0.15) is 0 Å². The number of hydrogen-bond donors (Lipinski definition) is 1. The van der Waals surface area contributed by atoms with E-state index in [9.17, 15) is 5.11 Å². The summed E-state index contributed by atoms with van der Waals surface area (Å²) in [6.07, 6.45) is 9.12. The topological polar surface area (TPSA) is 46.3 Å². The minimum absolute atomic E-state index is 0.318. The molecule has 1 N–H and O–H groups in total. The predicted molar refractivity (Wildman–Crippen MR) is 52.7 cm³/mol. The Balaban J connectivity index is 1.94. The normalized spacial score (nSPS) is 27.8. The summed E-state index contributed by atoms with van der Waals surface area (Å²) in [7, 11) is 0. The van der Waals surface area contributed by atoms with Crippen molar-refractivity contribution in [2.24, 2.45) is 11.8 Å². The number of aromatic nitrogens is 1. The number of oxazole rings is 1. The standard InChI is InChI=1S/C11H17NO2/c13-7-10-4-2-1-3-9(10)5-11-6-12-8-14-11/h6,8-10,13H,1-5,7H2/t9-,10?/m1/s1. The number of rotatable bonds is 3. The zero-order valence-electron chi connectivity index (χ0n) is 8.35. The van der Waals surface area contributed by atoms with Crippen molar-refractivity contribution >= 4 is 0 Å². The maximum Gasteiger partial charge on any atom is 0.180 e. The van der Waals surface area contributed by atoms with Gasteiger partial charge in [0.15, 0.2) is 6.39 Å². The maximum atomic E-state index is 9.24. The number of hydrogen-bond acceptors (Lipinski definition) is 3. The van der Waals surface area contributed by atoms with Gasteiger partial charge in [-0.3, -0.25) is 0 Å². The van der Waals surface area contributed by atoms with Crippen LogP contribution in [-0.2, 0) is 6.42 Å². The molecule has 0 aromatic carbocycles. The molecule has 1 aromatic heterocycles. The molecular weight excluding hydrogens is 178 g/mol. The van der Waals surface area contributed by atoms with E-state index in [1.54, 1.807) is 6.20 Å². The SMILES string of the molecule is OCC1CCCC[C@@H]1Cc1cnco1. The van der Waals surface area contributed by atoms with Crippen LogP contribution in [0.4, 0.5) is 0 Å². The Morgan fingerprint density at radius 2 is 2.14 bits per heavy atom. The van der Waals surface area contributed by atoms with Gasteiger partial charge in [0.1, 0.15) is 5.76 Å². The largest absolute Gasteiger partial charge is 0.449 e. The van der Waals surface area contributed by atoms with Gasteiger partial charge < -0.3 is 9.52 Å². The summed E-state index contributed by atoms with van der Waals surface area (Å²) in [6.45, 7) is 0.318. The highest BCUT2D eigenvalue weighted by atomic mass is 16.3. The lowest BCUT2D eigenvalue weighted by atomic mass is 9.77. The van der Waals surface area contributed by atoms with Crippen molar-refractivity contribution in [2.45, 2.75) is 32.1 Å². The van der Waals surface area contributed by atoms with E-state index >= 15 is 0 Å². The van der Waals surface area contributed by atoms with E-state index in [1.165, 1.54) is 25.7 Å². The van der Waals surface area contributed by atoms with Crippen molar-refractivity contribution in [3.05, 3.63) is 18.4 Å². The van der Waals surface area contributed by atoms with Gasteiger partial charge in [-0.05, 0) is 24.7 Å². The van der Waals surface area contributed by atoms with Crippen molar-refractivity contribution in [1.82, 2.24) is 4.98 Å². The first-order chi connectivity index (χ1) is 6.90. The van der Waals surface area contributed by atoms with Crippen molar-refractivity contribution < 1.29 is 9.52 Å². The average molecular weight is 195 g/mol. The summed E-state index contributed by atoms with van der Waals surface area (Å²) in [5.74, 6) is 2.01. The van der Waals surface area contributed by atoms with Gasteiger partial charge in [-0.1, -0.05) is 12.8 Å². The molecule has 14 heavy (non-hydrogen) atoms. The lowest BCUT2D eigenvalue weighted by Gasteiger charge is -2.29. The molecule has 1 fully saturated rings. The molecule has 0 saturated heterocycles. The third-order valence-corrected chi connectivity index (χ3v) is 3.25. The first-order valence-electron chi connectivity index (χ1n) is 5.38. The lowest BCUT2D eigenvalue weighted by molar-refractivity contribution is 0.131. The number of nitrogens with zero attached hydrogens (tertiary/aromatic N) is 1. The van der Waals surface area contributed by atoms with Crippen LogP contribution in [0.25, 0.3) is 0 Å². The van der Waals surface area contributed by atoms with Gasteiger partial charge in [-0.25, -0.2) is 4.98 Å². The summed E-state index contributed by atoms with van der Waals surface area (Å²) in [4.78, 5) is 3.91. The van der Waals surface area contributed by atoms with E-state index in [4.69, 9.17) is 4.42 Å². The van der Waals surface area contributed by atoms with Crippen LogP contribution in [0, 0.1) is 11.8 Å². The van der Waals surface area contributed by atoms with E-state index in [0.29, 0.717) is 18.4 Å². The molecule has 1 heterocycles. The molecule has 0 amide bonds. The Labute approximate surface area is 84.2 Å². The molecule has 0 spiro atoms. The second-order valence-corrected chi connectivity index (χ2v) is 4.16. The highest BCUT2D eigenvalue weighted by Crippen LogP contribution is 2.32. The van der Waals surface area contributed by atoms with Gasteiger partial charge in [0.2, 0.25) is 0 Å². The average Bonchev–Trinajstić information content (AvgIpc) is 2.71. The Kier molecular flexibility index (Phi) is 3.19. The molecule has 1 aliphatic carbocycles. The molecule has 3 nitrogen and oxygen atoms in total. The van der Waals surface area contributed by atoms with Crippen LogP contribution in [0.2, 0.25) is 0 Å². The lowest BCUT2D eigenvalue weighted by Crippen LogP contribution is -2.24. The number of aliphatic hydroxyl groups excluding tert-OH is 1. The summed E-state index contributed by atoms with van der Waals surface area (Å²) in [5, 5.41) is 9.24. The smallest absolute Gasteiger partial charge is 0.180 e. The van der Waals surface area contributed by atoms with Crippen molar-refractivity contribution in [3.8, 4) is 0 Å². The van der Waals surface area contributed by atoms with E-state index in [0.717, 1.165) is 18.6 Å². The van der Waals surface area contributed by atoms with Crippen LogP contribution in [0.5, 0.6) is 0 Å². The van der Waals surface area contributed by atoms with Gasteiger partial charge in [0, 0.05) is 13.0 Å². The molecule has 0 radical (unpaired) electrons. The molecule has 2 atom stereocenters. The zero-order valence-corrected chi connectivity index (χ0v) is 8.35. The fourth-order valence-corrected chi connectivity index (χ4v) is 2.39. The molecule has 1 unspecified atom stereocenters. The minimum atomic E-state index is 0.318. The minimum Gasteiger partial charge on any atom is -0.449 e. The summed E-state index contributed by atoms with van der Waals surface area (Å²) in [5.41, 5.74) is 0. The van der Waals surface area contributed by atoms with Crippen molar-refractivity contribution in [3.63, 3.8) is 0 Å². The van der Waals surface area contributed by atoms with Crippen LogP contribution in [0.15, 0.2) is 17.0 Å². The molecule has 1 saturated carbocycles. The monoisotopic (exact) mass is 195 g/mol. The van der Waals surface area contributed by atoms with E-state index < -0.39 is 0 Å². The highest BCUT2D eigenvalue weighted by molar-refractivity contribution is 4.92.